The SMILES string of the molecule is C#CC(=O)Oc1ccc2c(c1)Oc1cc(OC(=O)C#C)ccc1C2C1c2ccc(OC(=O)C#C)cc2Oc2cc(OC(=O)C#C)ccc21. The van der Waals surface area contributed by atoms with Gasteiger partial charge in [0.1, 0.15) is 46.0 Å². The van der Waals surface area contributed by atoms with E-state index in [9.17, 15) is 19.2 Å². The van der Waals surface area contributed by atoms with Gasteiger partial charge in [0.25, 0.3) is 0 Å². The predicted octanol–water partition coefficient (Wildman–Crippen LogP) is 5.02. The average molecular weight is 635 g/mol. The fraction of sp³-hybridized carbons (Fsp3) is 0.0526. The van der Waals surface area contributed by atoms with Crippen molar-refractivity contribution in [2.45, 2.75) is 11.8 Å². The molecule has 0 spiro atoms. The smallest absolute Gasteiger partial charge is 0.389 e. The Labute approximate surface area is 273 Å². The van der Waals surface area contributed by atoms with Crippen molar-refractivity contribution >= 4 is 23.9 Å². The fourth-order valence-electron chi connectivity index (χ4n) is 5.53. The van der Waals surface area contributed by atoms with Crippen LogP contribution in [-0.4, -0.2) is 23.9 Å². The van der Waals surface area contributed by atoms with Gasteiger partial charge in [-0.3, -0.25) is 0 Å². The van der Waals surface area contributed by atoms with Gasteiger partial charge in [-0.05, 0) is 24.3 Å². The van der Waals surface area contributed by atoms with Crippen LogP contribution in [0.2, 0.25) is 0 Å². The van der Waals surface area contributed by atoms with E-state index >= 15 is 0 Å². The summed E-state index contributed by atoms with van der Waals surface area (Å²) >= 11 is 0. The van der Waals surface area contributed by atoms with E-state index in [0.29, 0.717) is 45.3 Å². The van der Waals surface area contributed by atoms with Gasteiger partial charge in [0.15, 0.2) is 0 Å². The van der Waals surface area contributed by atoms with Crippen molar-refractivity contribution < 1.29 is 47.6 Å². The van der Waals surface area contributed by atoms with E-state index in [4.69, 9.17) is 54.1 Å². The molecule has 0 unspecified atom stereocenters. The van der Waals surface area contributed by atoms with Crippen LogP contribution in [-0.2, 0) is 19.2 Å². The molecule has 0 amide bonds. The van der Waals surface area contributed by atoms with Crippen molar-refractivity contribution in [3.63, 3.8) is 0 Å². The van der Waals surface area contributed by atoms with Crippen LogP contribution in [0.4, 0.5) is 0 Å². The summed E-state index contributed by atoms with van der Waals surface area (Å²) in [6.45, 7) is 0. The maximum absolute atomic E-state index is 11.9. The van der Waals surface area contributed by atoms with Crippen LogP contribution in [0.25, 0.3) is 0 Å². The minimum atomic E-state index is -0.902. The summed E-state index contributed by atoms with van der Waals surface area (Å²) in [5, 5.41) is 0. The van der Waals surface area contributed by atoms with Crippen molar-refractivity contribution in [2.24, 2.45) is 0 Å². The molecule has 48 heavy (non-hydrogen) atoms. The third-order valence-corrected chi connectivity index (χ3v) is 7.37. The number of ether oxygens (including phenoxy) is 6. The molecule has 0 fully saturated rings. The summed E-state index contributed by atoms with van der Waals surface area (Å²) in [6.07, 6.45) is 20.8. The van der Waals surface area contributed by atoms with Crippen molar-refractivity contribution in [3.05, 3.63) is 95.1 Å². The second-order valence-electron chi connectivity index (χ2n) is 10.1. The van der Waals surface area contributed by atoms with Gasteiger partial charge in [-0.25, -0.2) is 19.2 Å². The van der Waals surface area contributed by atoms with Gasteiger partial charge >= 0.3 is 23.9 Å². The van der Waals surface area contributed by atoms with Crippen LogP contribution in [0.5, 0.6) is 46.0 Å². The summed E-state index contributed by atoms with van der Waals surface area (Å²) in [4.78, 5) is 47.5. The Hall–Kier alpha value is -7.40. The van der Waals surface area contributed by atoms with E-state index in [0.717, 1.165) is 0 Å². The molecule has 0 radical (unpaired) electrons. The maximum Gasteiger partial charge on any atom is 0.389 e. The molecule has 2 aliphatic heterocycles. The molecular formula is C38H18O10. The van der Waals surface area contributed by atoms with Crippen molar-refractivity contribution in [1.29, 1.82) is 0 Å². The van der Waals surface area contributed by atoms with E-state index in [1.165, 1.54) is 24.3 Å². The minimum absolute atomic E-state index is 0.126. The molecule has 2 aliphatic rings. The molecule has 10 heteroatoms. The van der Waals surface area contributed by atoms with Gasteiger partial charge in [0.05, 0.1) is 0 Å². The van der Waals surface area contributed by atoms with Gasteiger partial charge in [-0.1, -0.05) is 24.3 Å². The molecule has 2 heterocycles. The van der Waals surface area contributed by atoms with Gasteiger partial charge in [0.2, 0.25) is 0 Å². The highest BCUT2D eigenvalue weighted by atomic mass is 16.6. The zero-order valence-electron chi connectivity index (χ0n) is 24.5. The first kappa shape index (κ1) is 30.6. The molecule has 0 atom stereocenters. The van der Waals surface area contributed by atoms with Crippen LogP contribution in [0.3, 0.4) is 0 Å². The van der Waals surface area contributed by atoms with Crippen LogP contribution in [0, 0.1) is 49.4 Å². The first-order valence-corrected chi connectivity index (χ1v) is 13.9. The van der Waals surface area contributed by atoms with E-state index in [-0.39, 0.29) is 23.0 Å². The second kappa shape index (κ2) is 12.5. The number of esters is 4. The van der Waals surface area contributed by atoms with Gasteiger partial charge in [-0.15, -0.1) is 25.7 Å². The van der Waals surface area contributed by atoms with Crippen molar-refractivity contribution in [3.8, 4) is 95.4 Å². The maximum atomic E-state index is 11.9. The third kappa shape index (κ3) is 5.85. The number of terminal acetylenes is 4. The lowest BCUT2D eigenvalue weighted by atomic mass is 9.71. The van der Waals surface area contributed by atoms with Crippen LogP contribution in [0.15, 0.2) is 72.8 Å². The molecule has 230 valence electrons. The zero-order chi connectivity index (χ0) is 33.9. The van der Waals surface area contributed by atoms with E-state index in [1.807, 2.05) is 23.7 Å². The number of hydrogen-bond acceptors (Lipinski definition) is 10. The molecule has 4 aromatic rings. The molecular weight excluding hydrogens is 616 g/mol. The minimum Gasteiger partial charge on any atom is -0.456 e. The number of benzene rings is 4. The molecule has 0 bridgehead atoms. The average Bonchev–Trinajstić information content (AvgIpc) is 3.09. The van der Waals surface area contributed by atoms with Crippen LogP contribution < -0.4 is 28.4 Å². The van der Waals surface area contributed by atoms with Crippen molar-refractivity contribution in [1.82, 2.24) is 0 Å². The molecule has 0 saturated heterocycles. The summed E-state index contributed by atoms with van der Waals surface area (Å²) < 4.78 is 33.5. The first-order valence-electron chi connectivity index (χ1n) is 13.9. The van der Waals surface area contributed by atoms with Gasteiger partial charge < -0.3 is 28.4 Å². The first-order chi connectivity index (χ1) is 23.2. The van der Waals surface area contributed by atoms with Crippen LogP contribution >= 0.6 is 0 Å². The number of rotatable bonds is 5. The molecule has 6 rings (SSSR count). The van der Waals surface area contributed by atoms with Gasteiger partial charge in [0, 0.05) is 82.0 Å². The van der Waals surface area contributed by atoms with Crippen LogP contribution in [0.1, 0.15) is 34.1 Å². The monoisotopic (exact) mass is 634 g/mol. The van der Waals surface area contributed by atoms with Crippen molar-refractivity contribution in [2.75, 3.05) is 0 Å². The summed E-state index contributed by atoms with van der Waals surface area (Å²) in [7, 11) is 0. The topological polar surface area (TPSA) is 124 Å². The number of carbonyl (C=O) groups is 4. The standard InChI is InChI=1S/C38H18O10/c1-5-33(39)43-21-9-13-25-29(17-21)47-30-18-22(44-34(40)6-2)10-14-26(30)37(25)38-27-15-11-23(45-35(41)7-3)19-31(27)48-32-20-24(12-16-28(32)38)46-36(42)8-4/h1-4,9-20,37-38H. The Balaban J connectivity index is 1.56. The summed E-state index contributed by atoms with van der Waals surface area (Å²) in [5.74, 6) is 4.67. The normalized spacial score (nSPS) is 12.2. The lowest BCUT2D eigenvalue weighted by Gasteiger charge is -2.38. The Morgan fingerprint density at radius 1 is 0.438 bits per heavy atom. The van der Waals surface area contributed by atoms with E-state index in [2.05, 4.69) is 0 Å². The largest absolute Gasteiger partial charge is 0.456 e. The number of carbonyl (C=O) groups excluding carboxylic acids is 4. The van der Waals surface area contributed by atoms with Gasteiger partial charge in [-0.2, -0.15) is 0 Å². The Morgan fingerprint density at radius 2 is 0.667 bits per heavy atom. The zero-order valence-corrected chi connectivity index (χ0v) is 24.5. The molecule has 0 aliphatic carbocycles. The highest BCUT2D eigenvalue weighted by Gasteiger charge is 2.41. The molecule has 4 aromatic carbocycles. The number of fused-ring (bicyclic) bond motifs is 4. The lowest BCUT2D eigenvalue weighted by molar-refractivity contribution is -0.128. The highest BCUT2D eigenvalue weighted by molar-refractivity contribution is 5.91. The lowest BCUT2D eigenvalue weighted by Crippen LogP contribution is -2.22. The third-order valence-electron chi connectivity index (χ3n) is 7.37. The molecule has 10 nitrogen and oxygen atoms in total. The summed E-state index contributed by atoms with van der Waals surface area (Å²) in [5.41, 5.74) is 2.69. The predicted molar refractivity (Wildman–Crippen MR) is 167 cm³/mol. The Kier molecular flexibility index (Phi) is 8.00. The Bertz CT molecular complexity index is 1920. The number of hydrogen-bond donors (Lipinski definition) is 0. The molecule has 0 aromatic heterocycles. The van der Waals surface area contributed by atoms with E-state index < -0.39 is 35.7 Å². The summed E-state index contributed by atoms with van der Waals surface area (Å²) in [6, 6.07) is 19.2. The Morgan fingerprint density at radius 3 is 0.875 bits per heavy atom. The highest BCUT2D eigenvalue weighted by Crippen LogP contribution is 2.58. The fourth-order valence-corrected chi connectivity index (χ4v) is 5.53. The van der Waals surface area contributed by atoms with E-state index in [1.54, 1.807) is 48.5 Å². The molecule has 0 N–H and O–H groups in total. The second-order valence-corrected chi connectivity index (χ2v) is 10.1. The quantitative estimate of drug-likeness (QED) is 0.128. The molecule has 0 saturated carbocycles.